The number of aromatic nitrogens is 2. The van der Waals surface area contributed by atoms with Crippen molar-refractivity contribution in [2.24, 2.45) is 0 Å². The number of aromatic hydroxyl groups is 2. The second-order valence-corrected chi connectivity index (χ2v) is 6.80. The second kappa shape index (κ2) is 6.59. The molecule has 0 bridgehead atoms. The van der Waals surface area contributed by atoms with Gasteiger partial charge in [0.05, 0.1) is 22.3 Å². The van der Waals surface area contributed by atoms with E-state index in [2.05, 4.69) is 4.98 Å². The lowest BCUT2D eigenvalue weighted by atomic mass is 10.0. The monoisotopic (exact) mass is 420 g/mol. The van der Waals surface area contributed by atoms with Gasteiger partial charge in [-0.1, -0.05) is 23.7 Å². The molecular weight excluding hydrogens is 409 g/mol. The highest BCUT2D eigenvalue weighted by molar-refractivity contribution is 6.30. The van der Waals surface area contributed by atoms with E-state index in [-0.39, 0.29) is 28.0 Å². The molecule has 0 aliphatic carbocycles. The largest absolute Gasteiger partial charge is 0.507 e. The van der Waals surface area contributed by atoms with Gasteiger partial charge in [-0.15, -0.1) is 0 Å². The van der Waals surface area contributed by atoms with Gasteiger partial charge in [0.2, 0.25) is 0 Å². The normalized spacial score (nSPS) is 11.9. The first-order valence-electron chi connectivity index (χ1n) is 8.29. The van der Waals surface area contributed by atoms with E-state index in [4.69, 9.17) is 11.6 Å². The molecule has 0 saturated heterocycles. The Balaban J connectivity index is 1.95. The van der Waals surface area contributed by atoms with E-state index in [9.17, 15) is 28.2 Å². The molecule has 0 radical (unpaired) electrons. The average molecular weight is 421 g/mol. The van der Waals surface area contributed by atoms with E-state index < -0.39 is 23.2 Å². The zero-order chi connectivity index (χ0) is 20.9. The highest BCUT2D eigenvalue weighted by atomic mass is 35.5. The molecule has 0 spiro atoms. The van der Waals surface area contributed by atoms with Crippen LogP contribution in [0.25, 0.3) is 27.8 Å². The summed E-state index contributed by atoms with van der Waals surface area (Å²) in [6, 6.07) is 11.8. The number of nitrogens with one attached hydrogen (secondary N) is 1. The summed E-state index contributed by atoms with van der Waals surface area (Å²) in [5.41, 5.74) is -0.737. The number of H-pyrrole nitrogens is 1. The number of aromatic amines is 1. The topological polar surface area (TPSA) is 78.2 Å². The number of alkyl halides is 3. The van der Waals surface area contributed by atoms with Gasteiger partial charge < -0.3 is 15.2 Å². The quantitative estimate of drug-likeness (QED) is 0.423. The maximum absolute atomic E-state index is 13.0. The van der Waals surface area contributed by atoms with Crippen molar-refractivity contribution in [1.82, 2.24) is 9.55 Å². The van der Waals surface area contributed by atoms with Gasteiger partial charge in [-0.3, -0.25) is 4.57 Å². The minimum absolute atomic E-state index is 0.00576. The molecule has 0 aliphatic heterocycles. The van der Waals surface area contributed by atoms with Crippen LogP contribution in [0.1, 0.15) is 5.56 Å². The van der Waals surface area contributed by atoms with E-state index in [1.807, 2.05) is 0 Å². The molecule has 3 N–H and O–H groups in total. The Labute approximate surface area is 166 Å². The molecule has 0 atom stereocenters. The van der Waals surface area contributed by atoms with Gasteiger partial charge in [0, 0.05) is 16.7 Å². The third-order valence-electron chi connectivity index (χ3n) is 4.48. The first-order valence-corrected chi connectivity index (χ1v) is 8.67. The predicted octanol–water partition coefficient (Wildman–Crippen LogP) is 5.07. The molecule has 0 unspecified atom stereocenters. The number of phenols is 2. The molecule has 0 amide bonds. The van der Waals surface area contributed by atoms with Gasteiger partial charge in [0.25, 0.3) is 0 Å². The Morgan fingerprint density at radius 3 is 2.41 bits per heavy atom. The molecule has 4 rings (SSSR count). The number of fused-ring (bicyclic) bond motifs is 1. The molecule has 1 aromatic heterocycles. The van der Waals surface area contributed by atoms with Crippen LogP contribution >= 0.6 is 11.6 Å². The van der Waals surface area contributed by atoms with Crippen LogP contribution in [0.2, 0.25) is 5.02 Å². The minimum Gasteiger partial charge on any atom is -0.507 e. The van der Waals surface area contributed by atoms with Gasteiger partial charge in [0.1, 0.15) is 11.5 Å². The number of imidazole rings is 1. The SMILES string of the molecule is O=c1[nH]c2cc(C(F)(F)F)ccc2n1-c1cc(-c2cccc(Cl)c2)c(O)cc1O. The summed E-state index contributed by atoms with van der Waals surface area (Å²) >= 11 is 5.99. The molecular formula is C20H12ClF3N2O3. The number of benzene rings is 3. The van der Waals surface area contributed by atoms with Crippen molar-refractivity contribution in [3.63, 3.8) is 0 Å². The molecule has 0 aliphatic rings. The molecule has 1 heterocycles. The highest BCUT2D eigenvalue weighted by Gasteiger charge is 2.31. The van der Waals surface area contributed by atoms with E-state index in [1.165, 1.54) is 6.07 Å². The predicted molar refractivity (Wildman–Crippen MR) is 103 cm³/mol. The first kappa shape index (κ1) is 18.9. The summed E-state index contributed by atoms with van der Waals surface area (Å²) in [6.07, 6.45) is -4.56. The van der Waals surface area contributed by atoms with Crippen molar-refractivity contribution in [3.8, 4) is 28.3 Å². The van der Waals surface area contributed by atoms with E-state index in [1.54, 1.807) is 24.3 Å². The lowest BCUT2D eigenvalue weighted by Gasteiger charge is -2.12. The van der Waals surface area contributed by atoms with Gasteiger partial charge in [0.15, 0.2) is 0 Å². The fourth-order valence-electron chi connectivity index (χ4n) is 3.16. The number of phenolic OH excluding ortho intramolecular Hbond substituents is 2. The van der Waals surface area contributed by atoms with E-state index >= 15 is 0 Å². The van der Waals surface area contributed by atoms with Crippen molar-refractivity contribution in [3.05, 3.63) is 75.7 Å². The summed E-state index contributed by atoms with van der Waals surface area (Å²) in [4.78, 5) is 14.8. The molecule has 148 valence electrons. The lowest BCUT2D eigenvalue weighted by molar-refractivity contribution is -0.137. The maximum atomic E-state index is 13.0. The zero-order valence-electron chi connectivity index (χ0n) is 14.5. The lowest BCUT2D eigenvalue weighted by Crippen LogP contribution is -2.14. The van der Waals surface area contributed by atoms with Crippen molar-refractivity contribution in [2.45, 2.75) is 6.18 Å². The van der Waals surface area contributed by atoms with Crippen LogP contribution in [0.15, 0.2) is 59.4 Å². The van der Waals surface area contributed by atoms with Gasteiger partial charge in [-0.2, -0.15) is 13.2 Å². The van der Waals surface area contributed by atoms with Gasteiger partial charge in [-0.25, -0.2) is 4.79 Å². The van der Waals surface area contributed by atoms with Gasteiger partial charge in [-0.05, 0) is 42.0 Å². The maximum Gasteiger partial charge on any atom is 0.416 e. The van der Waals surface area contributed by atoms with Crippen LogP contribution in [0.3, 0.4) is 0 Å². The van der Waals surface area contributed by atoms with Crippen LogP contribution in [-0.2, 0) is 6.18 Å². The molecule has 29 heavy (non-hydrogen) atoms. The van der Waals surface area contributed by atoms with Crippen LogP contribution in [-0.4, -0.2) is 19.8 Å². The Morgan fingerprint density at radius 1 is 0.966 bits per heavy atom. The average Bonchev–Trinajstić information content (AvgIpc) is 2.96. The van der Waals surface area contributed by atoms with Gasteiger partial charge >= 0.3 is 11.9 Å². The summed E-state index contributed by atoms with van der Waals surface area (Å²) < 4.78 is 39.9. The summed E-state index contributed by atoms with van der Waals surface area (Å²) in [7, 11) is 0. The molecule has 0 saturated carbocycles. The number of nitrogens with zero attached hydrogens (tertiary/aromatic N) is 1. The van der Waals surface area contributed by atoms with Crippen molar-refractivity contribution in [1.29, 1.82) is 0 Å². The highest BCUT2D eigenvalue weighted by Crippen LogP contribution is 2.38. The second-order valence-electron chi connectivity index (χ2n) is 6.36. The van der Waals surface area contributed by atoms with Crippen molar-refractivity contribution >= 4 is 22.6 Å². The molecule has 0 fully saturated rings. The number of hydrogen-bond donors (Lipinski definition) is 3. The van der Waals surface area contributed by atoms with E-state index in [0.29, 0.717) is 10.6 Å². The van der Waals surface area contributed by atoms with Crippen molar-refractivity contribution in [2.75, 3.05) is 0 Å². The minimum atomic E-state index is -4.56. The summed E-state index contributed by atoms with van der Waals surface area (Å²) in [5, 5.41) is 21.0. The van der Waals surface area contributed by atoms with Crippen LogP contribution in [0.5, 0.6) is 11.5 Å². The third kappa shape index (κ3) is 3.31. The van der Waals surface area contributed by atoms with Crippen molar-refractivity contribution < 1.29 is 23.4 Å². The Morgan fingerprint density at radius 2 is 1.72 bits per heavy atom. The summed E-state index contributed by atoms with van der Waals surface area (Å²) in [5.74, 6) is -0.669. The molecule has 3 aromatic carbocycles. The molecule has 5 nitrogen and oxygen atoms in total. The fraction of sp³-hybridized carbons (Fsp3) is 0.0500. The Kier molecular flexibility index (Phi) is 4.31. The Bertz CT molecular complexity index is 1310. The molecule has 9 heteroatoms. The number of hydrogen-bond acceptors (Lipinski definition) is 3. The fourth-order valence-corrected chi connectivity index (χ4v) is 3.35. The third-order valence-corrected chi connectivity index (χ3v) is 4.71. The van der Waals surface area contributed by atoms with Crippen LogP contribution < -0.4 is 5.69 Å². The smallest absolute Gasteiger partial charge is 0.416 e. The number of rotatable bonds is 2. The summed E-state index contributed by atoms with van der Waals surface area (Å²) in [6.45, 7) is 0. The first-order chi connectivity index (χ1) is 13.6. The Hall–Kier alpha value is -3.39. The zero-order valence-corrected chi connectivity index (χ0v) is 15.2. The van der Waals surface area contributed by atoms with Crippen LogP contribution in [0, 0.1) is 0 Å². The van der Waals surface area contributed by atoms with E-state index in [0.717, 1.165) is 28.8 Å². The standard InChI is InChI=1S/C20H12ClF3N2O3/c21-12-3-1-2-10(6-12)13-8-16(18(28)9-17(13)27)26-15-5-4-11(20(22,23)24)7-14(15)25-19(26)29/h1-9,27-28H,(H,25,29). The number of halogens is 4. The van der Waals surface area contributed by atoms with Crippen LogP contribution in [0.4, 0.5) is 13.2 Å². The molecule has 4 aromatic rings.